The highest BCUT2D eigenvalue weighted by atomic mass is 17.5. The normalized spacial score (nSPS) is 12.1. The molecule has 0 amide bonds. The standard InChI is InChI=1S/C12H18O3/c1-9(2)10-6-5-7-11(8-10)12(3,4)14-15-13/h5-9,13H,1-4H3. The number of hydrogen-bond donors (Lipinski definition) is 1. The molecule has 0 aliphatic carbocycles. The second-order valence-electron chi connectivity index (χ2n) is 4.45. The molecule has 84 valence electrons. The highest BCUT2D eigenvalue weighted by Crippen LogP contribution is 2.27. The van der Waals surface area contributed by atoms with Gasteiger partial charge in [-0.25, -0.2) is 5.26 Å². The summed E-state index contributed by atoms with van der Waals surface area (Å²) in [5.74, 6) is 0.468. The van der Waals surface area contributed by atoms with Crippen LogP contribution in [0.5, 0.6) is 0 Å². The molecule has 0 fully saturated rings. The van der Waals surface area contributed by atoms with E-state index in [2.05, 4.69) is 31.0 Å². The van der Waals surface area contributed by atoms with Crippen LogP contribution in [-0.2, 0) is 15.5 Å². The second kappa shape index (κ2) is 4.75. The smallest absolute Gasteiger partial charge is 0.126 e. The first-order valence-electron chi connectivity index (χ1n) is 5.07. The Labute approximate surface area is 90.5 Å². The molecule has 0 saturated carbocycles. The minimum Gasteiger partial charge on any atom is -0.221 e. The largest absolute Gasteiger partial charge is 0.221 e. The van der Waals surface area contributed by atoms with Gasteiger partial charge in [-0.2, -0.15) is 4.89 Å². The fourth-order valence-electron chi connectivity index (χ4n) is 1.41. The van der Waals surface area contributed by atoms with Crippen LogP contribution in [-0.4, -0.2) is 5.26 Å². The lowest BCUT2D eigenvalue weighted by molar-refractivity contribution is -0.525. The third-order valence-corrected chi connectivity index (χ3v) is 2.49. The monoisotopic (exact) mass is 210 g/mol. The molecule has 0 atom stereocenters. The maximum Gasteiger partial charge on any atom is 0.126 e. The fraction of sp³-hybridized carbons (Fsp3) is 0.500. The van der Waals surface area contributed by atoms with Crippen molar-refractivity contribution in [1.82, 2.24) is 0 Å². The lowest BCUT2D eigenvalue weighted by Crippen LogP contribution is -2.21. The lowest BCUT2D eigenvalue weighted by Gasteiger charge is -2.22. The average Bonchev–Trinajstić information content (AvgIpc) is 2.18. The molecule has 0 bridgehead atoms. The maximum atomic E-state index is 8.32. The Morgan fingerprint density at radius 3 is 2.47 bits per heavy atom. The van der Waals surface area contributed by atoms with Gasteiger partial charge in [0.2, 0.25) is 0 Å². The highest BCUT2D eigenvalue weighted by Gasteiger charge is 2.23. The van der Waals surface area contributed by atoms with E-state index in [1.165, 1.54) is 5.56 Å². The van der Waals surface area contributed by atoms with Crippen LogP contribution in [0.4, 0.5) is 0 Å². The fourth-order valence-corrected chi connectivity index (χ4v) is 1.41. The van der Waals surface area contributed by atoms with Gasteiger partial charge in [-0.05, 0) is 30.9 Å². The molecule has 1 aromatic rings. The molecular formula is C12H18O3. The zero-order valence-corrected chi connectivity index (χ0v) is 9.65. The van der Waals surface area contributed by atoms with Gasteiger partial charge < -0.3 is 0 Å². The summed E-state index contributed by atoms with van der Waals surface area (Å²) in [6.07, 6.45) is 0. The first-order chi connectivity index (χ1) is 6.97. The van der Waals surface area contributed by atoms with Gasteiger partial charge in [-0.1, -0.05) is 43.2 Å². The van der Waals surface area contributed by atoms with Gasteiger partial charge in [0.15, 0.2) is 0 Å². The van der Waals surface area contributed by atoms with Gasteiger partial charge in [0, 0.05) is 0 Å². The molecule has 0 radical (unpaired) electrons. The molecule has 0 heterocycles. The van der Waals surface area contributed by atoms with Crippen molar-refractivity contribution in [3.05, 3.63) is 35.4 Å². The van der Waals surface area contributed by atoms with Gasteiger partial charge in [0.25, 0.3) is 0 Å². The summed E-state index contributed by atoms with van der Waals surface area (Å²) >= 11 is 0. The average molecular weight is 210 g/mol. The number of hydrogen-bond acceptors (Lipinski definition) is 3. The Morgan fingerprint density at radius 2 is 1.93 bits per heavy atom. The molecule has 1 rings (SSSR count). The summed E-state index contributed by atoms with van der Waals surface area (Å²) in [7, 11) is 0. The molecule has 15 heavy (non-hydrogen) atoms. The molecule has 0 spiro atoms. The topological polar surface area (TPSA) is 38.7 Å². The number of rotatable bonds is 4. The van der Waals surface area contributed by atoms with Crippen LogP contribution in [0.1, 0.15) is 44.7 Å². The SMILES string of the molecule is CC(C)c1cccc(C(C)(C)OOO)c1. The van der Waals surface area contributed by atoms with Crippen LogP contribution in [0.25, 0.3) is 0 Å². The van der Waals surface area contributed by atoms with Crippen molar-refractivity contribution < 1.29 is 15.2 Å². The molecular weight excluding hydrogens is 192 g/mol. The van der Waals surface area contributed by atoms with Crippen LogP contribution >= 0.6 is 0 Å². The van der Waals surface area contributed by atoms with Crippen molar-refractivity contribution in [3.8, 4) is 0 Å². The quantitative estimate of drug-likeness (QED) is 0.611. The third kappa shape index (κ3) is 3.02. The highest BCUT2D eigenvalue weighted by molar-refractivity contribution is 5.29. The minimum atomic E-state index is -0.653. The molecule has 0 unspecified atom stereocenters. The summed E-state index contributed by atoms with van der Waals surface area (Å²) in [4.78, 5) is 4.81. The first-order valence-corrected chi connectivity index (χ1v) is 5.07. The van der Waals surface area contributed by atoms with E-state index in [1.807, 2.05) is 26.0 Å². The Kier molecular flexibility index (Phi) is 3.85. The van der Waals surface area contributed by atoms with E-state index in [1.54, 1.807) is 0 Å². The van der Waals surface area contributed by atoms with Crippen LogP contribution in [0, 0.1) is 0 Å². The zero-order chi connectivity index (χ0) is 11.5. The predicted octanol–water partition coefficient (Wildman–Crippen LogP) is 3.47. The molecule has 1 aromatic carbocycles. The lowest BCUT2D eigenvalue weighted by atomic mass is 9.93. The molecule has 0 aromatic heterocycles. The van der Waals surface area contributed by atoms with Gasteiger partial charge in [-0.15, -0.1) is 0 Å². The van der Waals surface area contributed by atoms with E-state index >= 15 is 0 Å². The molecule has 0 aliphatic rings. The molecule has 1 N–H and O–H groups in total. The molecule has 3 nitrogen and oxygen atoms in total. The minimum absolute atomic E-state index is 0.468. The second-order valence-corrected chi connectivity index (χ2v) is 4.45. The van der Waals surface area contributed by atoms with E-state index in [9.17, 15) is 0 Å². The van der Waals surface area contributed by atoms with Crippen LogP contribution < -0.4 is 0 Å². The predicted molar refractivity (Wildman–Crippen MR) is 58.4 cm³/mol. The van der Waals surface area contributed by atoms with E-state index in [4.69, 9.17) is 10.1 Å². The van der Waals surface area contributed by atoms with Gasteiger partial charge >= 0.3 is 0 Å². The third-order valence-electron chi connectivity index (χ3n) is 2.49. The Hall–Kier alpha value is -0.900. The van der Waals surface area contributed by atoms with Crippen molar-refractivity contribution in [2.24, 2.45) is 0 Å². The molecule has 3 heteroatoms. The van der Waals surface area contributed by atoms with E-state index in [0.717, 1.165) is 5.56 Å². The summed E-state index contributed by atoms with van der Waals surface area (Å²) in [5, 5.41) is 12.1. The molecule has 0 aliphatic heterocycles. The Balaban J connectivity index is 2.99. The van der Waals surface area contributed by atoms with E-state index in [0.29, 0.717) is 5.92 Å². The summed E-state index contributed by atoms with van der Waals surface area (Å²) < 4.78 is 0. The van der Waals surface area contributed by atoms with Crippen molar-refractivity contribution >= 4 is 0 Å². The Bertz CT molecular complexity index is 318. The van der Waals surface area contributed by atoms with Gasteiger partial charge in [-0.3, -0.25) is 0 Å². The Morgan fingerprint density at radius 1 is 1.27 bits per heavy atom. The summed E-state index contributed by atoms with van der Waals surface area (Å²) in [6.45, 7) is 7.94. The summed E-state index contributed by atoms with van der Waals surface area (Å²) in [5.41, 5.74) is 1.56. The van der Waals surface area contributed by atoms with E-state index < -0.39 is 5.60 Å². The molecule has 0 saturated heterocycles. The maximum absolute atomic E-state index is 8.32. The van der Waals surface area contributed by atoms with Crippen molar-refractivity contribution in [1.29, 1.82) is 0 Å². The van der Waals surface area contributed by atoms with E-state index in [-0.39, 0.29) is 0 Å². The zero-order valence-electron chi connectivity index (χ0n) is 9.65. The number of benzene rings is 1. The van der Waals surface area contributed by atoms with Crippen molar-refractivity contribution in [2.75, 3.05) is 0 Å². The van der Waals surface area contributed by atoms with Gasteiger partial charge in [0.05, 0.1) is 0 Å². The first kappa shape index (κ1) is 12.2. The van der Waals surface area contributed by atoms with Crippen LogP contribution in [0.2, 0.25) is 0 Å². The van der Waals surface area contributed by atoms with Crippen molar-refractivity contribution in [2.45, 2.75) is 39.2 Å². The van der Waals surface area contributed by atoms with Crippen LogP contribution in [0.15, 0.2) is 24.3 Å². The van der Waals surface area contributed by atoms with Gasteiger partial charge in [0.1, 0.15) is 5.60 Å². The van der Waals surface area contributed by atoms with Crippen LogP contribution in [0.3, 0.4) is 0 Å². The van der Waals surface area contributed by atoms with Crippen molar-refractivity contribution in [3.63, 3.8) is 0 Å². The summed E-state index contributed by atoms with van der Waals surface area (Å²) in [6, 6.07) is 8.06.